The number of hydrogen-bond donors (Lipinski definition) is 2. The fourth-order valence-electron chi connectivity index (χ4n) is 3.23. The van der Waals surface area contributed by atoms with Crippen molar-refractivity contribution in [3.05, 3.63) is 70.7 Å². The standard InChI is InChI=1S/C19H19N3O2S/c23-16-11-14(12-16)18(17-6-2-9-25-17)21-19(24)13-4-1-5-15(10-13)22-8-3-7-20-22/h1-10,14,16,18,23H,11-12H2,(H,21,24)/t14?,16?,18-/m0/s1. The molecule has 2 heterocycles. The van der Waals surface area contributed by atoms with Gasteiger partial charge in [-0.25, -0.2) is 4.68 Å². The average Bonchev–Trinajstić information content (AvgIpc) is 3.30. The highest BCUT2D eigenvalue weighted by atomic mass is 32.1. The lowest BCUT2D eigenvalue weighted by Crippen LogP contribution is -2.41. The summed E-state index contributed by atoms with van der Waals surface area (Å²) in [7, 11) is 0. The van der Waals surface area contributed by atoms with Crippen molar-refractivity contribution in [3.8, 4) is 5.69 Å². The molecule has 25 heavy (non-hydrogen) atoms. The third-order valence-electron chi connectivity index (χ3n) is 4.63. The minimum absolute atomic E-state index is 0.0516. The van der Waals surface area contributed by atoms with Crippen molar-refractivity contribution < 1.29 is 9.90 Å². The van der Waals surface area contributed by atoms with Gasteiger partial charge in [0.2, 0.25) is 0 Å². The molecule has 6 heteroatoms. The van der Waals surface area contributed by atoms with Crippen LogP contribution in [0.3, 0.4) is 0 Å². The molecule has 1 fully saturated rings. The Hall–Kier alpha value is -2.44. The van der Waals surface area contributed by atoms with Crippen molar-refractivity contribution >= 4 is 17.2 Å². The first kappa shape index (κ1) is 16.1. The van der Waals surface area contributed by atoms with Crippen molar-refractivity contribution in [1.82, 2.24) is 15.1 Å². The monoisotopic (exact) mass is 353 g/mol. The fourth-order valence-corrected chi connectivity index (χ4v) is 4.10. The van der Waals surface area contributed by atoms with Crippen LogP contribution in [-0.4, -0.2) is 26.9 Å². The van der Waals surface area contributed by atoms with Crippen LogP contribution in [0.4, 0.5) is 0 Å². The maximum atomic E-state index is 12.8. The molecular formula is C19H19N3O2S. The van der Waals surface area contributed by atoms with Crippen molar-refractivity contribution in [1.29, 1.82) is 0 Å². The number of aliphatic hydroxyl groups excluding tert-OH is 1. The molecule has 0 unspecified atom stereocenters. The van der Waals surface area contributed by atoms with Crippen molar-refractivity contribution in [3.63, 3.8) is 0 Å². The van der Waals surface area contributed by atoms with Crippen LogP contribution in [-0.2, 0) is 0 Å². The van der Waals surface area contributed by atoms with Crippen LogP contribution in [0, 0.1) is 5.92 Å². The number of hydrogen-bond acceptors (Lipinski definition) is 4. The first-order valence-electron chi connectivity index (χ1n) is 8.33. The molecule has 1 aliphatic carbocycles. The van der Waals surface area contributed by atoms with Gasteiger partial charge in [-0.2, -0.15) is 5.10 Å². The molecule has 5 nitrogen and oxygen atoms in total. The number of amides is 1. The Morgan fingerprint density at radius 2 is 2.16 bits per heavy atom. The lowest BCUT2D eigenvalue weighted by atomic mass is 9.76. The summed E-state index contributed by atoms with van der Waals surface area (Å²) >= 11 is 1.64. The van der Waals surface area contributed by atoms with E-state index >= 15 is 0 Å². The first-order valence-corrected chi connectivity index (χ1v) is 9.21. The van der Waals surface area contributed by atoms with Crippen LogP contribution >= 0.6 is 11.3 Å². The summed E-state index contributed by atoms with van der Waals surface area (Å²) in [5.74, 6) is 0.181. The molecule has 0 bridgehead atoms. The second-order valence-corrected chi connectivity index (χ2v) is 7.33. The Bertz CT molecular complexity index is 839. The van der Waals surface area contributed by atoms with E-state index in [1.54, 1.807) is 22.2 Å². The highest BCUT2D eigenvalue weighted by molar-refractivity contribution is 7.10. The number of aromatic nitrogens is 2. The predicted octanol–water partition coefficient (Wildman–Crippen LogP) is 3.18. The van der Waals surface area contributed by atoms with Crippen LogP contribution < -0.4 is 5.32 Å². The van der Waals surface area contributed by atoms with E-state index in [2.05, 4.69) is 10.4 Å². The summed E-state index contributed by atoms with van der Waals surface area (Å²) in [6.45, 7) is 0. The predicted molar refractivity (Wildman–Crippen MR) is 96.8 cm³/mol. The summed E-state index contributed by atoms with van der Waals surface area (Å²) in [6.07, 6.45) is 4.78. The van der Waals surface area contributed by atoms with Gasteiger partial charge in [0.05, 0.1) is 17.8 Å². The molecule has 0 radical (unpaired) electrons. The van der Waals surface area contributed by atoms with Gasteiger partial charge in [0.25, 0.3) is 5.91 Å². The molecule has 3 aromatic rings. The van der Waals surface area contributed by atoms with Gasteiger partial charge in [-0.3, -0.25) is 4.79 Å². The van der Waals surface area contributed by atoms with Crippen LogP contribution in [0.15, 0.2) is 60.2 Å². The zero-order chi connectivity index (χ0) is 17.2. The van der Waals surface area contributed by atoms with E-state index in [1.807, 2.05) is 54.0 Å². The summed E-state index contributed by atoms with van der Waals surface area (Å²) in [4.78, 5) is 13.9. The third-order valence-corrected chi connectivity index (χ3v) is 5.59. The number of nitrogens with one attached hydrogen (secondary N) is 1. The fraction of sp³-hybridized carbons (Fsp3) is 0.263. The number of thiophene rings is 1. The van der Waals surface area contributed by atoms with E-state index in [4.69, 9.17) is 0 Å². The smallest absolute Gasteiger partial charge is 0.251 e. The Morgan fingerprint density at radius 1 is 1.28 bits per heavy atom. The van der Waals surface area contributed by atoms with E-state index in [1.165, 1.54) is 0 Å². The van der Waals surface area contributed by atoms with Crippen molar-refractivity contribution in [2.75, 3.05) is 0 Å². The maximum Gasteiger partial charge on any atom is 0.251 e. The number of carbonyl (C=O) groups excluding carboxylic acids is 1. The molecule has 2 N–H and O–H groups in total. The Kier molecular flexibility index (Phi) is 4.38. The minimum Gasteiger partial charge on any atom is -0.393 e. The number of nitrogens with zero attached hydrogens (tertiary/aromatic N) is 2. The molecule has 1 aliphatic rings. The number of carbonyl (C=O) groups is 1. The quantitative estimate of drug-likeness (QED) is 0.740. The maximum absolute atomic E-state index is 12.8. The molecule has 0 saturated heterocycles. The zero-order valence-electron chi connectivity index (χ0n) is 13.6. The van der Waals surface area contributed by atoms with Crippen molar-refractivity contribution in [2.45, 2.75) is 25.0 Å². The number of rotatable bonds is 5. The summed E-state index contributed by atoms with van der Waals surface area (Å²) < 4.78 is 1.73. The average molecular weight is 353 g/mol. The minimum atomic E-state index is -0.243. The van der Waals surface area contributed by atoms with Crippen LogP contribution in [0.2, 0.25) is 0 Å². The summed E-state index contributed by atoms with van der Waals surface area (Å²) in [5, 5.41) is 19.0. The van der Waals surface area contributed by atoms with Crippen molar-refractivity contribution in [2.24, 2.45) is 5.92 Å². The van der Waals surface area contributed by atoms with Gasteiger partial charge in [-0.15, -0.1) is 11.3 Å². The third kappa shape index (κ3) is 3.36. The summed E-state index contributed by atoms with van der Waals surface area (Å²) in [5.41, 5.74) is 1.46. The van der Waals surface area contributed by atoms with Gasteiger partial charge in [-0.1, -0.05) is 12.1 Å². The molecular weight excluding hydrogens is 334 g/mol. The molecule has 2 aromatic heterocycles. The van der Waals surface area contributed by atoms with Gasteiger partial charge >= 0.3 is 0 Å². The second-order valence-electron chi connectivity index (χ2n) is 6.35. The molecule has 0 spiro atoms. The highest BCUT2D eigenvalue weighted by Crippen LogP contribution is 2.39. The molecule has 1 atom stereocenters. The van der Waals surface area contributed by atoms with Gasteiger partial charge in [0, 0.05) is 22.8 Å². The second kappa shape index (κ2) is 6.82. The topological polar surface area (TPSA) is 67.2 Å². The number of aliphatic hydroxyl groups is 1. The Morgan fingerprint density at radius 3 is 2.84 bits per heavy atom. The lowest BCUT2D eigenvalue weighted by molar-refractivity contribution is 0.0241. The summed E-state index contributed by atoms with van der Waals surface area (Å²) in [6, 6.07) is 13.3. The van der Waals surface area contributed by atoms with E-state index in [9.17, 15) is 9.90 Å². The van der Waals surface area contributed by atoms with Gasteiger partial charge in [-0.05, 0) is 54.5 Å². The number of benzene rings is 1. The Labute approximate surface area is 149 Å². The normalized spacial score (nSPS) is 20.7. The lowest BCUT2D eigenvalue weighted by Gasteiger charge is -2.37. The molecule has 1 amide bonds. The van der Waals surface area contributed by atoms with Crippen LogP contribution in [0.1, 0.15) is 34.1 Å². The van der Waals surface area contributed by atoms with E-state index in [-0.39, 0.29) is 24.0 Å². The van der Waals surface area contributed by atoms with E-state index in [0.717, 1.165) is 23.4 Å². The van der Waals surface area contributed by atoms with E-state index < -0.39 is 0 Å². The SMILES string of the molecule is O=C(N[C@H](c1cccs1)C1CC(O)C1)c1cccc(-n2cccn2)c1. The molecule has 1 aromatic carbocycles. The molecule has 0 aliphatic heterocycles. The van der Waals surface area contributed by atoms with Gasteiger partial charge in [0.15, 0.2) is 0 Å². The highest BCUT2D eigenvalue weighted by Gasteiger charge is 2.36. The van der Waals surface area contributed by atoms with Crippen LogP contribution in [0.5, 0.6) is 0 Å². The van der Waals surface area contributed by atoms with Crippen LogP contribution in [0.25, 0.3) is 5.69 Å². The first-order chi connectivity index (χ1) is 12.2. The van der Waals surface area contributed by atoms with Gasteiger partial charge < -0.3 is 10.4 Å². The van der Waals surface area contributed by atoms with E-state index in [0.29, 0.717) is 5.56 Å². The Balaban J connectivity index is 1.55. The molecule has 4 rings (SSSR count). The molecule has 1 saturated carbocycles. The molecule has 128 valence electrons. The largest absolute Gasteiger partial charge is 0.393 e. The van der Waals surface area contributed by atoms with Gasteiger partial charge in [0.1, 0.15) is 0 Å². The zero-order valence-corrected chi connectivity index (χ0v) is 14.4.